The summed E-state index contributed by atoms with van der Waals surface area (Å²) in [6.45, 7) is 4.89. The van der Waals surface area contributed by atoms with E-state index in [4.69, 9.17) is 9.47 Å². The molecule has 158 valence electrons. The minimum atomic E-state index is 0.00390. The molecule has 4 heterocycles. The fraction of sp³-hybridized carbons (Fsp3) is 0.261. The zero-order valence-electron chi connectivity index (χ0n) is 17.3. The van der Waals surface area contributed by atoms with Crippen LogP contribution in [-0.2, 0) is 4.79 Å². The van der Waals surface area contributed by atoms with Gasteiger partial charge in [0.2, 0.25) is 12.7 Å². The summed E-state index contributed by atoms with van der Waals surface area (Å²) in [7, 11) is 0. The number of amides is 1. The van der Waals surface area contributed by atoms with E-state index >= 15 is 0 Å². The molecule has 0 radical (unpaired) electrons. The van der Waals surface area contributed by atoms with Gasteiger partial charge in [0.1, 0.15) is 17.5 Å². The van der Waals surface area contributed by atoms with E-state index in [9.17, 15) is 4.79 Å². The van der Waals surface area contributed by atoms with Gasteiger partial charge >= 0.3 is 0 Å². The van der Waals surface area contributed by atoms with Crippen molar-refractivity contribution >= 4 is 17.8 Å². The number of ether oxygens (including phenoxy) is 2. The van der Waals surface area contributed by atoms with Crippen LogP contribution in [0, 0.1) is 6.92 Å². The Morgan fingerprint density at radius 2 is 1.71 bits per heavy atom. The molecular weight excluding hydrogens is 394 g/mol. The Kier molecular flexibility index (Phi) is 5.03. The normalized spacial score (nSPS) is 15.6. The predicted molar refractivity (Wildman–Crippen MR) is 116 cm³/mol. The van der Waals surface area contributed by atoms with Crippen LogP contribution in [0.1, 0.15) is 11.4 Å². The van der Waals surface area contributed by atoms with Gasteiger partial charge in [0, 0.05) is 50.7 Å². The van der Waals surface area contributed by atoms with E-state index in [1.165, 1.54) is 0 Å². The van der Waals surface area contributed by atoms with Crippen LogP contribution in [0.15, 0.2) is 54.9 Å². The Balaban J connectivity index is 1.22. The van der Waals surface area contributed by atoms with Gasteiger partial charge in [-0.2, -0.15) is 0 Å². The summed E-state index contributed by atoms with van der Waals surface area (Å²) in [6, 6.07) is 11.6. The maximum absolute atomic E-state index is 12.6. The highest BCUT2D eigenvalue weighted by Gasteiger charge is 2.21. The second-order valence-corrected chi connectivity index (χ2v) is 7.48. The Morgan fingerprint density at radius 3 is 2.52 bits per heavy atom. The highest BCUT2D eigenvalue weighted by atomic mass is 16.7. The van der Waals surface area contributed by atoms with Crippen LogP contribution in [0.25, 0.3) is 11.9 Å². The minimum absolute atomic E-state index is 0.00390. The summed E-state index contributed by atoms with van der Waals surface area (Å²) < 4.78 is 12.7. The van der Waals surface area contributed by atoms with Crippen molar-refractivity contribution in [1.29, 1.82) is 0 Å². The van der Waals surface area contributed by atoms with E-state index in [0.29, 0.717) is 18.8 Å². The molecule has 0 atom stereocenters. The second kappa shape index (κ2) is 8.14. The van der Waals surface area contributed by atoms with Crippen LogP contribution in [0.5, 0.6) is 11.5 Å². The molecule has 0 N–H and O–H groups in total. The molecule has 1 saturated heterocycles. The van der Waals surface area contributed by atoms with E-state index in [1.54, 1.807) is 6.08 Å². The molecule has 2 aliphatic heterocycles. The molecule has 8 heteroatoms. The average molecular weight is 417 g/mol. The lowest BCUT2D eigenvalue weighted by atomic mass is 10.2. The molecule has 1 aromatic carbocycles. The van der Waals surface area contributed by atoms with Gasteiger partial charge in [-0.25, -0.2) is 9.97 Å². The van der Waals surface area contributed by atoms with Crippen molar-refractivity contribution in [2.45, 2.75) is 6.92 Å². The largest absolute Gasteiger partial charge is 0.454 e. The predicted octanol–water partition coefficient (Wildman–Crippen LogP) is 2.67. The molecule has 8 nitrogen and oxygen atoms in total. The van der Waals surface area contributed by atoms with Crippen molar-refractivity contribution in [3.63, 3.8) is 0 Å². The first-order valence-corrected chi connectivity index (χ1v) is 10.3. The molecule has 5 rings (SSSR count). The van der Waals surface area contributed by atoms with Crippen LogP contribution in [0.2, 0.25) is 0 Å². The number of carbonyl (C=O) groups excluding carboxylic acids is 1. The molecule has 0 unspecified atom stereocenters. The standard InChI is InChI=1S/C23H23N5O3/c1-17-24-21(26-8-2-3-9-26)15-22(25-17)27-10-12-28(13-11-27)23(29)7-5-18-4-6-19-20(14-18)31-16-30-19/h2-9,14-15H,10-13,16H2,1H3/b7-5+. The molecular formula is C23H23N5O3. The van der Waals surface area contributed by atoms with Crippen molar-refractivity contribution < 1.29 is 14.3 Å². The Bertz CT molecular complexity index is 1120. The fourth-order valence-corrected chi connectivity index (χ4v) is 3.76. The maximum atomic E-state index is 12.6. The first-order chi connectivity index (χ1) is 15.2. The van der Waals surface area contributed by atoms with Crippen LogP contribution in [0.4, 0.5) is 5.82 Å². The summed E-state index contributed by atoms with van der Waals surface area (Å²) in [5.74, 6) is 3.91. The molecule has 0 aliphatic carbocycles. The number of benzene rings is 1. The summed E-state index contributed by atoms with van der Waals surface area (Å²) in [6.07, 6.45) is 7.36. The lowest BCUT2D eigenvalue weighted by Crippen LogP contribution is -2.48. The zero-order valence-corrected chi connectivity index (χ0v) is 17.3. The number of rotatable bonds is 4. The molecule has 3 aromatic rings. The van der Waals surface area contributed by atoms with Gasteiger partial charge in [-0.05, 0) is 42.8 Å². The lowest BCUT2D eigenvalue weighted by molar-refractivity contribution is -0.126. The molecule has 1 fully saturated rings. The Hall–Kier alpha value is -3.81. The van der Waals surface area contributed by atoms with Gasteiger partial charge < -0.3 is 23.8 Å². The van der Waals surface area contributed by atoms with Gasteiger partial charge in [0.05, 0.1) is 0 Å². The Labute approximate surface area is 180 Å². The van der Waals surface area contributed by atoms with E-state index in [1.807, 2.05) is 71.3 Å². The van der Waals surface area contributed by atoms with Gasteiger partial charge in [0.15, 0.2) is 11.5 Å². The molecule has 2 aliphatic rings. The number of hydrogen-bond donors (Lipinski definition) is 0. The van der Waals surface area contributed by atoms with E-state index in [0.717, 1.165) is 41.9 Å². The number of anilines is 1. The molecule has 0 bridgehead atoms. The quantitative estimate of drug-likeness (QED) is 0.608. The number of aromatic nitrogens is 3. The number of piperazine rings is 1. The van der Waals surface area contributed by atoms with Gasteiger partial charge in [-0.15, -0.1) is 0 Å². The molecule has 1 amide bonds. The van der Waals surface area contributed by atoms with Crippen molar-refractivity contribution in [3.05, 3.63) is 66.3 Å². The van der Waals surface area contributed by atoms with E-state index < -0.39 is 0 Å². The van der Waals surface area contributed by atoms with Crippen molar-refractivity contribution in [1.82, 2.24) is 19.4 Å². The zero-order chi connectivity index (χ0) is 21.2. The SMILES string of the molecule is Cc1nc(N2CCN(C(=O)/C=C/c3ccc4c(c3)OCO4)CC2)cc(-n2cccc2)n1. The Morgan fingerprint density at radius 1 is 0.968 bits per heavy atom. The summed E-state index contributed by atoms with van der Waals surface area (Å²) in [4.78, 5) is 25.8. The van der Waals surface area contributed by atoms with Crippen molar-refractivity contribution in [2.75, 3.05) is 37.9 Å². The van der Waals surface area contributed by atoms with Crippen molar-refractivity contribution in [2.24, 2.45) is 0 Å². The monoisotopic (exact) mass is 417 g/mol. The summed E-state index contributed by atoms with van der Waals surface area (Å²) in [5, 5.41) is 0. The smallest absolute Gasteiger partial charge is 0.246 e. The van der Waals surface area contributed by atoms with Gasteiger partial charge in [0.25, 0.3) is 0 Å². The number of hydrogen-bond acceptors (Lipinski definition) is 6. The van der Waals surface area contributed by atoms with Crippen LogP contribution < -0.4 is 14.4 Å². The molecule has 0 spiro atoms. The second-order valence-electron chi connectivity index (χ2n) is 7.48. The molecule has 31 heavy (non-hydrogen) atoms. The number of nitrogens with zero attached hydrogens (tertiary/aromatic N) is 5. The van der Waals surface area contributed by atoms with Crippen LogP contribution in [-0.4, -0.2) is 58.3 Å². The third-order valence-electron chi connectivity index (χ3n) is 5.41. The van der Waals surface area contributed by atoms with Crippen LogP contribution in [0.3, 0.4) is 0 Å². The lowest BCUT2D eigenvalue weighted by Gasteiger charge is -2.35. The van der Waals surface area contributed by atoms with Gasteiger partial charge in [-0.1, -0.05) is 6.07 Å². The summed E-state index contributed by atoms with van der Waals surface area (Å²) >= 11 is 0. The maximum Gasteiger partial charge on any atom is 0.246 e. The third kappa shape index (κ3) is 4.09. The third-order valence-corrected chi connectivity index (χ3v) is 5.41. The number of fused-ring (bicyclic) bond motifs is 1. The minimum Gasteiger partial charge on any atom is -0.454 e. The number of carbonyl (C=O) groups is 1. The average Bonchev–Trinajstić information content (AvgIpc) is 3.49. The van der Waals surface area contributed by atoms with E-state index in [2.05, 4.69) is 14.9 Å². The molecule has 0 saturated carbocycles. The summed E-state index contributed by atoms with van der Waals surface area (Å²) in [5.41, 5.74) is 0.908. The molecule has 2 aromatic heterocycles. The fourth-order valence-electron chi connectivity index (χ4n) is 3.76. The van der Waals surface area contributed by atoms with Crippen molar-refractivity contribution in [3.8, 4) is 17.3 Å². The number of aryl methyl sites for hydroxylation is 1. The topological polar surface area (TPSA) is 72.7 Å². The van der Waals surface area contributed by atoms with E-state index in [-0.39, 0.29) is 12.7 Å². The van der Waals surface area contributed by atoms with Gasteiger partial charge in [-0.3, -0.25) is 4.79 Å². The highest BCUT2D eigenvalue weighted by Crippen LogP contribution is 2.32. The first kappa shape index (κ1) is 19.2. The van der Waals surface area contributed by atoms with Crippen LogP contribution >= 0.6 is 0 Å². The highest BCUT2D eigenvalue weighted by molar-refractivity contribution is 5.92. The first-order valence-electron chi connectivity index (χ1n) is 10.3.